The van der Waals surface area contributed by atoms with E-state index in [2.05, 4.69) is 17.2 Å². The summed E-state index contributed by atoms with van der Waals surface area (Å²) in [5, 5.41) is 3.53. The number of rotatable bonds is 4. The molecule has 116 valence electrons. The van der Waals surface area contributed by atoms with Crippen molar-refractivity contribution in [1.29, 1.82) is 0 Å². The maximum Gasteiger partial charge on any atom is 0.274 e. The van der Waals surface area contributed by atoms with Gasteiger partial charge in [-0.3, -0.25) is 4.79 Å². The molecular weight excluding hydrogens is 286 g/mol. The first kappa shape index (κ1) is 16.1. The lowest BCUT2D eigenvalue weighted by atomic mass is 9.86. The third kappa shape index (κ3) is 3.88. The molecule has 0 saturated heterocycles. The lowest BCUT2D eigenvalue weighted by Crippen LogP contribution is -2.39. The monoisotopic (exact) mass is 309 g/mol. The van der Waals surface area contributed by atoms with Crippen LogP contribution in [0.2, 0.25) is 5.02 Å². The van der Waals surface area contributed by atoms with Gasteiger partial charge in [0.2, 0.25) is 0 Å². The number of carbonyl (C=O) groups is 1. The molecule has 1 amide bonds. The summed E-state index contributed by atoms with van der Waals surface area (Å²) >= 11 is 6.16. The number of carbonyl (C=O) groups excluding carboxylic acids is 1. The van der Waals surface area contributed by atoms with Gasteiger partial charge >= 0.3 is 0 Å². The van der Waals surface area contributed by atoms with Gasteiger partial charge in [0.25, 0.3) is 5.91 Å². The number of anilines is 1. The summed E-state index contributed by atoms with van der Waals surface area (Å²) in [7, 11) is 1.86. The molecule has 0 aliphatic heterocycles. The Balaban J connectivity index is 2.13. The van der Waals surface area contributed by atoms with Crippen LogP contribution in [0.15, 0.2) is 12.1 Å². The number of hydrogen-bond acceptors (Lipinski definition) is 3. The molecule has 1 N–H and O–H groups in total. The van der Waals surface area contributed by atoms with Crippen LogP contribution in [0.1, 0.15) is 50.0 Å². The molecule has 1 aromatic heterocycles. The van der Waals surface area contributed by atoms with Crippen molar-refractivity contribution in [2.75, 3.05) is 18.9 Å². The number of pyridine rings is 1. The van der Waals surface area contributed by atoms with Gasteiger partial charge in [-0.2, -0.15) is 0 Å². The minimum Gasteiger partial charge on any atom is -0.370 e. The van der Waals surface area contributed by atoms with Crippen molar-refractivity contribution in [3.05, 3.63) is 22.8 Å². The summed E-state index contributed by atoms with van der Waals surface area (Å²) in [4.78, 5) is 18.8. The average molecular weight is 310 g/mol. The molecule has 4 nitrogen and oxygen atoms in total. The topological polar surface area (TPSA) is 45.2 Å². The molecule has 5 heteroatoms. The van der Waals surface area contributed by atoms with Crippen molar-refractivity contribution in [1.82, 2.24) is 9.88 Å². The molecule has 0 aromatic carbocycles. The van der Waals surface area contributed by atoms with Crippen molar-refractivity contribution >= 4 is 23.3 Å². The van der Waals surface area contributed by atoms with E-state index in [9.17, 15) is 4.79 Å². The third-order valence-electron chi connectivity index (χ3n) is 4.26. The van der Waals surface area contributed by atoms with E-state index in [1.807, 2.05) is 18.9 Å². The van der Waals surface area contributed by atoms with Gasteiger partial charge < -0.3 is 10.2 Å². The van der Waals surface area contributed by atoms with Crippen LogP contribution in [-0.2, 0) is 0 Å². The normalized spacial score (nSPS) is 21.9. The van der Waals surface area contributed by atoms with E-state index in [0.29, 0.717) is 22.6 Å². The molecule has 0 radical (unpaired) electrons. The van der Waals surface area contributed by atoms with Crippen molar-refractivity contribution in [2.45, 2.75) is 45.6 Å². The van der Waals surface area contributed by atoms with E-state index in [0.717, 1.165) is 25.3 Å². The Hall–Kier alpha value is -1.29. The van der Waals surface area contributed by atoms with E-state index in [4.69, 9.17) is 11.6 Å². The second-order valence-electron chi connectivity index (χ2n) is 5.89. The molecular formula is C16H24ClN3O. The highest BCUT2D eigenvalue weighted by molar-refractivity contribution is 6.33. The molecule has 0 unspecified atom stereocenters. The van der Waals surface area contributed by atoms with Gasteiger partial charge in [0.05, 0.1) is 5.02 Å². The number of nitrogens with one attached hydrogen (secondary N) is 1. The predicted molar refractivity (Wildman–Crippen MR) is 86.9 cm³/mol. The van der Waals surface area contributed by atoms with Gasteiger partial charge in [0.1, 0.15) is 11.5 Å². The molecule has 0 spiro atoms. The Kier molecular flexibility index (Phi) is 5.45. The molecule has 1 aliphatic carbocycles. The molecule has 1 saturated carbocycles. The van der Waals surface area contributed by atoms with Gasteiger partial charge in [-0.15, -0.1) is 0 Å². The molecule has 1 heterocycles. The van der Waals surface area contributed by atoms with Gasteiger partial charge in [-0.1, -0.05) is 18.5 Å². The van der Waals surface area contributed by atoms with E-state index in [1.54, 1.807) is 12.1 Å². The van der Waals surface area contributed by atoms with E-state index in [1.165, 1.54) is 12.8 Å². The molecule has 2 rings (SSSR count). The maximum atomic E-state index is 12.7. The Bertz CT molecular complexity index is 498. The fraction of sp³-hybridized carbons (Fsp3) is 0.625. The van der Waals surface area contributed by atoms with Crippen LogP contribution >= 0.6 is 11.6 Å². The Labute approximate surface area is 131 Å². The van der Waals surface area contributed by atoms with Crippen LogP contribution in [0.4, 0.5) is 5.82 Å². The first-order valence-corrected chi connectivity index (χ1v) is 8.08. The molecule has 0 atom stereocenters. The smallest absolute Gasteiger partial charge is 0.274 e. The second-order valence-corrected chi connectivity index (χ2v) is 6.29. The number of amides is 1. The molecule has 1 fully saturated rings. The zero-order valence-corrected chi connectivity index (χ0v) is 13.8. The van der Waals surface area contributed by atoms with Crippen molar-refractivity contribution in [3.8, 4) is 0 Å². The van der Waals surface area contributed by atoms with Crippen LogP contribution in [0.5, 0.6) is 0 Å². The van der Waals surface area contributed by atoms with Crippen molar-refractivity contribution in [2.24, 2.45) is 5.92 Å². The number of halogens is 1. The Morgan fingerprint density at radius 2 is 2.05 bits per heavy atom. The van der Waals surface area contributed by atoms with E-state index < -0.39 is 0 Å². The van der Waals surface area contributed by atoms with Crippen LogP contribution in [0.3, 0.4) is 0 Å². The van der Waals surface area contributed by atoms with Crippen LogP contribution < -0.4 is 5.32 Å². The summed E-state index contributed by atoms with van der Waals surface area (Å²) in [5.41, 5.74) is 0.344. The molecule has 21 heavy (non-hydrogen) atoms. The third-order valence-corrected chi connectivity index (χ3v) is 4.56. The number of hydrogen-bond donors (Lipinski definition) is 1. The summed E-state index contributed by atoms with van der Waals surface area (Å²) in [5.74, 6) is 1.37. The van der Waals surface area contributed by atoms with Gasteiger partial charge in [-0.25, -0.2) is 4.98 Å². The largest absolute Gasteiger partial charge is 0.370 e. The zero-order valence-electron chi connectivity index (χ0n) is 13.0. The predicted octanol–water partition coefficient (Wildman–Crippen LogP) is 3.82. The van der Waals surface area contributed by atoms with Gasteiger partial charge in [0, 0.05) is 19.6 Å². The fourth-order valence-electron chi connectivity index (χ4n) is 2.83. The van der Waals surface area contributed by atoms with Crippen molar-refractivity contribution in [3.63, 3.8) is 0 Å². The first-order chi connectivity index (χ1) is 10.0. The SMILES string of the molecule is CCNc1ccc(Cl)c(C(=O)N(C)C2CCC(C)CC2)n1. The highest BCUT2D eigenvalue weighted by Crippen LogP contribution is 2.28. The lowest BCUT2D eigenvalue weighted by molar-refractivity contribution is 0.0674. The summed E-state index contributed by atoms with van der Waals surface area (Å²) in [6.45, 7) is 5.03. The maximum absolute atomic E-state index is 12.7. The quantitative estimate of drug-likeness (QED) is 0.919. The van der Waals surface area contributed by atoms with Crippen LogP contribution in [-0.4, -0.2) is 35.4 Å². The second kappa shape index (κ2) is 7.12. The van der Waals surface area contributed by atoms with E-state index in [-0.39, 0.29) is 5.91 Å². The van der Waals surface area contributed by atoms with Gasteiger partial charge in [-0.05, 0) is 50.7 Å². The standard InChI is InChI=1S/C16H24ClN3O/c1-4-18-14-10-9-13(17)15(19-14)16(21)20(3)12-7-5-11(2)6-8-12/h9-12H,4-8H2,1-3H3,(H,18,19). The summed E-state index contributed by atoms with van der Waals surface area (Å²) in [6.07, 6.45) is 4.49. The zero-order chi connectivity index (χ0) is 15.4. The Morgan fingerprint density at radius 3 is 2.67 bits per heavy atom. The molecule has 0 bridgehead atoms. The van der Waals surface area contributed by atoms with Crippen LogP contribution in [0, 0.1) is 5.92 Å². The summed E-state index contributed by atoms with van der Waals surface area (Å²) < 4.78 is 0. The van der Waals surface area contributed by atoms with E-state index >= 15 is 0 Å². The lowest BCUT2D eigenvalue weighted by Gasteiger charge is -2.33. The highest BCUT2D eigenvalue weighted by atomic mass is 35.5. The average Bonchev–Trinajstić information content (AvgIpc) is 2.49. The van der Waals surface area contributed by atoms with Gasteiger partial charge in [0.15, 0.2) is 0 Å². The Morgan fingerprint density at radius 1 is 1.38 bits per heavy atom. The summed E-state index contributed by atoms with van der Waals surface area (Å²) in [6, 6.07) is 3.83. The first-order valence-electron chi connectivity index (χ1n) is 7.70. The molecule has 1 aliphatic rings. The minimum atomic E-state index is -0.0840. The number of aromatic nitrogens is 1. The highest BCUT2D eigenvalue weighted by Gasteiger charge is 2.27. The van der Waals surface area contributed by atoms with Crippen molar-refractivity contribution < 1.29 is 4.79 Å². The number of nitrogens with zero attached hydrogens (tertiary/aromatic N) is 2. The van der Waals surface area contributed by atoms with Crippen LogP contribution in [0.25, 0.3) is 0 Å². The fourth-order valence-corrected chi connectivity index (χ4v) is 3.02. The minimum absolute atomic E-state index is 0.0840. The molecule has 1 aromatic rings.